The number of rotatable bonds is 5. The molecule has 0 saturated heterocycles. The van der Waals surface area contributed by atoms with Crippen LogP contribution in [0.3, 0.4) is 0 Å². The van der Waals surface area contributed by atoms with E-state index in [9.17, 15) is 0 Å². The van der Waals surface area contributed by atoms with Crippen molar-refractivity contribution in [3.8, 4) is 5.75 Å². The Morgan fingerprint density at radius 1 is 1.04 bits per heavy atom. The molecule has 0 amide bonds. The average Bonchev–Trinajstić information content (AvgIpc) is 2.93. The fourth-order valence-electron chi connectivity index (χ4n) is 3.85. The Balaban J connectivity index is 0.00000280. The summed E-state index contributed by atoms with van der Waals surface area (Å²) in [5.41, 5.74) is 4.22. The van der Waals surface area contributed by atoms with E-state index in [0.29, 0.717) is 19.7 Å². The van der Waals surface area contributed by atoms with Crippen molar-refractivity contribution in [1.29, 1.82) is 0 Å². The number of hydrogen-bond acceptors (Lipinski definition) is 1. The normalized spacial score (nSPS) is 24.6. The molecule has 1 aliphatic rings. The Morgan fingerprint density at radius 3 is 2.32 bits per heavy atom. The monoisotopic (exact) mass is 676 g/mol. The fourth-order valence-corrected chi connectivity index (χ4v) is 7.52. The molecule has 1 saturated carbocycles. The van der Waals surface area contributed by atoms with Crippen LogP contribution in [-0.4, -0.2) is 14.5 Å². The van der Waals surface area contributed by atoms with E-state index in [1.54, 1.807) is 0 Å². The van der Waals surface area contributed by atoms with Gasteiger partial charge in [0.15, 0.2) is 0 Å². The molecule has 0 heterocycles. The van der Waals surface area contributed by atoms with Gasteiger partial charge in [0.25, 0.3) is 0 Å². The first-order valence-electron chi connectivity index (χ1n) is 9.69. The minimum absolute atomic E-state index is 0. The molecular weight excluding hydrogens is 647 g/mol. The zero-order valence-electron chi connectivity index (χ0n) is 17.0. The van der Waals surface area contributed by atoms with Crippen molar-refractivity contribution >= 4 is 45.2 Å². The van der Waals surface area contributed by atoms with Crippen LogP contribution in [0, 0.1) is 12.8 Å². The summed E-state index contributed by atoms with van der Waals surface area (Å²) in [5.74, 6) is 2.09. The first-order valence-corrected chi connectivity index (χ1v) is 12.2. The summed E-state index contributed by atoms with van der Waals surface area (Å²) in [6, 6.07) is 17.7. The zero-order chi connectivity index (χ0) is 19.6. The Morgan fingerprint density at radius 2 is 1.71 bits per heavy atom. The Hall–Kier alpha value is 0.804. The van der Waals surface area contributed by atoms with Crippen molar-refractivity contribution in [2.24, 2.45) is 5.92 Å². The van der Waals surface area contributed by atoms with Gasteiger partial charge in [-0.1, -0.05) is 108 Å². The maximum Gasteiger partial charge on any atom is 0.119 e. The van der Waals surface area contributed by atoms with Gasteiger partial charge in [-0.2, -0.15) is 6.42 Å². The molecule has 1 aliphatic carbocycles. The summed E-state index contributed by atoms with van der Waals surface area (Å²) >= 11 is 5.28. The number of benzene rings is 2. The summed E-state index contributed by atoms with van der Waals surface area (Å²) in [5, 5.41) is 0. The number of alkyl halides is 2. The molecule has 0 aromatic heterocycles. The zero-order valence-corrected chi connectivity index (χ0v) is 24.2. The molecule has 3 rings (SSSR count). The maximum atomic E-state index is 6.32. The number of hydrogen-bond donors (Lipinski definition) is 0. The quantitative estimate of drug-likeness (QED) is 0.186. The van der Waals surface area contributed by atoms with Gasteiger partial charge in [0, 0.05) is 52.4 Å². The molecule has 2 aromatic rings. The van der Waals surface area contributed by atoms with Crippen LogP contribution in [0.1, 0.15) is 49.8 Å². The van der Waals surface area contributed by atoms with Crippen LogP contribution < -0.4 is 4.74 Å². The van der Waals surface area contributed by atoms with E-state index >= 15 is 0 Å². The second-order valence-electron chi connectivity index (χ2n) is 8.54. The van der Waals surface area contributed by atoms with Crippen LogP contribution in [-0.2, 0) is 44.5 Å². The Labute approximate surface area is 223 Å². The Kier molecular flexibility index (Phi) is 9.76. The molecule has 0 N–H and O–H groups in total. The van der Waals surface area contributed by atoms with Gasteiger partial charge >= 0.3 is 0 Å². The van der Waals surface area contributed by atoms with Crippen molar-refractivity contribution in [1.82, 2.24) is 0 Å². The molecule has 28 heavy (non-hydrogen) atoms. The molecule has 0 bridgehead atoms. The molecule has 0 aliphatic heterocycles. The standard InChI is InChI=1S/C24H29I2O.Y/c1-5-16-9-11-17(12-10-16)23-20(21(25)14-22(23)26)15-27-19-8-6-7-18(13-19)24(2,3)4;/h6-13,20-23H,1,5,14-15H2,2-4H3;/q-1;/t20-,21?,22?,23+;/m0./s1. The summed E-state index contributed by atoms with van der Waals surface area (Å²) in [4.78, 5) is 0. The third-order valence-electron chi connectivity index (χ3n) is 5.56. The van der Waals surface area contributed by atoms with Crippen LogP contribution >= 0.6 is 45.2 Å². The maximum absolute atomic E-state index is 6.32. The van der Waals surface area contributed by atoms with Crippen molar-refractivity contribution in [2.75, 3.05) is 6.61 Å². The molecular formula is C24H29I2OY-. The molecule has 2 unspecified atom stereocenters. The Bertz CT molecular complexity index is 754. The largest absolute Gasteiger partial charge is 0.493 e. The van der Waals surface area contributed by atoms with Gasteiger partial charge in [-0.25, -0.2) is 0 Å². The summed E-state index contributed by atoms with van der Waals surface area (Å²) in [7, 11) is 0. The van der Waals surface area contributed by atoms with E-state index in [0.717, 1.165) is 18.8 Å². The molecule has 149 valence electrons. The molecule has 1 fully saturated rings. The van der Waals surface area contributed by atoms with Gasteiger partial charge in [0.1, 0.15) is 5.75 Å². The minimum Gasteiger partial charge on any atom is -0.493 e. The SMILES string of the molecule is [CH2-]Cc1ccc([C@H]2C(I)CC(I)[C@@H]2COc2cccc(C(C)(C)C)c2)cc1.[Y]. The van der Waals surface area contributed by atoms with E-state index in [2.05, 4.69) is 121 Å². The average molecular weight is 676 g/mol. The van der Waals surface area contributed by atoms with E-state index in [1.807, 2.05) is 0 Å². The van der Waals surface area contributed by atoms with E-state index in [4.69, 9.17) is 4.74 Å². The van der Waals surface area contributed by atoms with Crippen molar-refractivity contribution in [2.45, 2.75) is 52.8 Å². The van der Waals surface area contributed by atoms with Crippen LogP contribution in [0.4, 0.5) is 0 Å². The summed E-state index contributed by atoms with van der Waals surface area (Å²) < 4.78 is 7.63. The smallest absolute Gasteiger partial charge is 0.119 e. The summed E-state index contributed by atoms with van der Waals surface area (Å²) in [6.07, 6.45) is 2.10. The van der Waals surface area contributed by atoms with Crippen LogP contribution in [0.5, 0.6) is 5.75 Å². The molecule has 0 spiro atoms. The van der Waals surface area contributed by atoms with Crippen LogP contribution in [0.25, 0.3) is 0 Å². The molecule has 2 aromatic carbocycles. The number of halogens is 2. The van der Waals surface area contributed by atoms with Gasteiger partial charge in [-0.3, -0.25) is 0 Å². The molecule has 4 heteroatoms. The van der Waals surface area contributed by atoms with Gasteiger partial charge in [-0.05, 0) is 35.1 Å². The van der Waals surface area contributed by atoms with Gasteiger partial charge in [0.05, 0.1) is 6.61 Å². The van der Waals surface area contributed by atoms with Crippen molar-refractivity contribution < 1.29 is 37.4 Å². The van der Waals surface area contributed by atoms with Crippen molar-refractivity contribution in [3.63, 3.8) is 0 Å². The fraction of sp³-hybridized carbons (Fsp3) is 0.458. The predicted molar refractivity (Wildman–Crippen MR) is 133 cm³/mol. The second-order valence-corrected chi connectivity index (χ2v) is 11.7. The summed E-state index contributed by atoms with van der Waals surface area (Å²) in [6.45, 7) is 11.5. The topological polar surface area (TPSA) is 9.23 Å². The van der Waals surface area contributed by atoms with Crippen LogP contribution in [0.2, 0.25) is 0 Å². The molecule has 1 nitrogen and oxygen atoms in total. The van der Waals surface area contributed by atoms with E-state index < -0.39 is 0 Å². The molecule has 4 atom stereocenters. The van der Waals surface area contributed by atoms with Gasteiger partial charge in [-0.15, -0.1) is 0 Å². The van der Waals surface area contributed by atoms with Gasteiger partial charge < -0.3 is 11.7 Å². The predicted octanol–water partition coefficient (Wildman–Crippen LogP) is 7.15. The van der Waals surface area contributed by atoms with Crippen LogP contribution in [0.15, 0.2) is 48.5 Å². The van der Waals surface area contributed by atoms with E-state index in [1.165, 1.54) is 23.1 Å². The second kappa shape index (κ2) is 10.9. The minimum atomic E-state index is 0. The number of ether oxygens (including phenoxy) is 1. The third-order valence-corrected chi connectivity index (χ3v) is 8.28. The van der Waals surface area contributed by atoms with Crippen molar-refractivity contribution in [3.05, 3.63) is 72.1 Å². The first kappa shape index (κ1) is 25.1. The first-order chi connectivity index (χ1) is 12.8. The van der Waals surface area contributed by atoms with E-state index in [-0.39, 0.29) is 38.1 Å². The third kappa shape index (κ3) is 6.17. The molecule has 1 radical (unpaired) electrons. The van der Waals surface area contributed by atoms with Gasteiger partial charge in [0.2, 0.25) is 0 Å².